The first-order valence-electron chi connectivity index (χ1n) is 8.48. The Balaban J connectivity index is 0.00000312. The van der Waals surface area contributed by atoms with Crippen molar-refractivity contribution in [3.63, 3.8) is 0 Å². The number of nitrogens with zero attached hydrogens (tertiary/aromatic N) is 2. The van der Waals surface area contributed by atoms with Gasteiger partial charge in [-0.05, 0) is 43.4 Å². The van der Waals surface area contributed by atoms with Crippen LogP contribution in [0.15, 0.2) is 29.3 Å². The standard InChI is InChI=1S/C17H26N4O2S.HI/c1-18-17(20-13-16-6-4-12-24-16)19-11-3-2-5-14-7-9-15(10-8-14)21(22)23;/h7-10,16H,2-6,11-13H2,1H3,(H2,18,19,20);1H. The van der Waals surface area contributed by atoms with Crippen LogP contribution < -0.4 is 10.6 Å². The quantitative estimate of drug-likeness (QED) is 0.149. The van der Waals surface area contributed by atoms with Crippen molar-refractivity contribution in [3.05, 3.63) is 39.9 Å². The zero-order valence-corrected chi connectivity index (χ0v) is 17.7. The lowest BCUT2D eigenvalue weighted by Crippen LogP contribution is -2.40. The summed E-state index contributed by atoms with van der Waals surface area (Å²) < 4.78 is 0. The number of nitro benzene ring substituents is 1. The summed E-state index contributed by atoms with van der Waals surface area (Å²) in [5.41, 5.74) is 1.29. The molecule has 1 fully saturated rings. The first kappa shape index (κ1) is 22.0. The number of halogens is 1. The highest BCUT2D eigenvalue weighted by Gasteiger charge is 2.15. The lowest BCUT2D eigenvalue weighted by molar-refractivity contribution is -0.384. The molecule has 0 aromatic heterocycles. The number of non-ortho nitro benzene ring substituents is 1. The van der Waals surface area contributed by atoms with Crippen molar-refractivity contribution in [1.29, 1.82) is 0 Å². The number of guanidine groups is 1. The lowest BCUT2D eigenvalue weighted by atomic mass is 10.1. The molecule has 1 aliphatic rings. The smallest absolute Gasteiger partial charge is 0.269 e. The monoisotopic (exact) mass is 478 g/mol. The van der Waals surface area contributed by atoms with Crippen LogP contribution in [0.25, 0.3) is 0 Å². The number of rotatable bonds is 8. The molecule has 1 heterocycles. The second-order valence-electron chi connectivity index (χ2n) is 5.90. The van der Waals surface area contributed by atoms with Gasteiger partial charge in [0, 0.05) is 37.5 Å². The van der Waals surface area contributed by atoms with Gasteiger partial charge in [0.25, 0.3) is 5.69 Å². The fourth-order valence-electron chi connectivity index (χ4n) is 2.68. The molecule has 0 spiro atoms. The van der Waals surface area contributed by atoms with Crippen LogP contribution in [-0.4, -0.2) is 42.0 Å². The molecule has 2 rings (SSSR count). The number of benzene rings is 1. The van der Waals surface area contributed by atoms with Crippen LogP contribution >= 0.6 is 35.7 Å². The number of thioether (sulfide) groups is 1. The average Bonchev–Trinajstić information content (AvgIpc) is 3.11. The van der Waals surface area contributed by atoms with Crippen LogP contribution in [0.3, 0.4) is 0 Å². The largest absolute Gasteiger partial charge is 0.356 e. The molecule has 1 unspecified atom stereocenters. The van der Waals surface area contributed by atoms with Crippen LogP contribution in [0.4, 0.5) is 5.69 Å². The van der Waals surface area contributed by atoms with Crippen molar-refractivity contribution in [2.45, 2.75) is 37.4 Å². The number of hydrogen-bond donors (Lipinski definition) is 2. The van der Waals surface area contributed by atoms with Crippen LogP contribution in [0.5, 0.6) is 0 Å². The highest BCUT2D eigenvalue weighted by Crippen LogP contribution is 2.25. The van der Waals surface area contributed by atoms with E-state index in [0.717, 1.165) is 43.9 Å². The molecular weight excluding hydrogens is 451 g/mol. The summed E-state index contributed by atoms with van der Waals surface area (Å²) in [6.45, 7) is 1.86. The maximum atomic E-state index is 10.6. The summed E-state index contributed by atoms with van der Waals surface area (Å²) in [7, 11) is 1.80. The Morgan fingerprint density at radius 1 is 1.32 bits per heavy atom. The molecule has 0 radical (unpaired) electrons. The van der Waals surface area contributed by atoms with Gasteiger partial charge in [0.1, 0.15) is 0 Å². The van der Waals surface area contributed by atoms with Crippen molar-refractivity contribution < 1.29 is 4.92 Å². The van der Waals surface area contributed by atoms with E-state index in [1.807, 2.05) is 23.9 Å². The fraction of sp³-hybridized carbons (Fsp3) is 0.588. The zero-order valence-electron chi connectivity index (χ0n) is 14.6. The molecule has 140 valence electrons. The van der Waals surface area contributed by atoms with Gasteiger partial charge in [-0.2, -0.15) is 11.8 Å². The molecule has 0 bridgehead atoms. The summed E-state index contributed by atoms with van der Waals surface area (Å²) in [5, 5.41) is 18.1. The molecular formula is C17H27IN4O2S. The Morgan fingerprint density at radius 3 is 2.68 bits per heavy atom. The Bertz CT molecular complexity index is 548. The summed E-state index contributed by atoms with van der Waals surface area (Å²) in [4.78, 5) is 14.5. The van der Waals surface area contributed by atoms with E-state index < -0.39 is 0 Å². The molecule has 1 aliphatic heterocycles. The summed E-state index contributed by atoms with van der Waals surface area (Å²) in [5.74, 6) is 2.15. The van der Waals surface area contributed by atoms with Gasteiger partial charge in [-0.15, -0.1) is 24.0 Å². The van der Waals surface area contributed by atoms with Gasteiger partial charge >= 0.3 is 0 Å². The van der Waals surface area contributed by atoms with Crippen LogP contribution in [0.1, 0.15) is 31.2 Å². The highest BCUT2D eigenvalue weighted by atomic mass is 127. The third-order valence-electron chi connectivity index (χ3n) is 4.08. The topological polar surface area (TPSA) is 79.6 Å². The summed E-state index contributed by atoms with van der Waals surface area (Å²) in [6, 6.07) is 6.82. The average molecular weight is 478 g/mol. The fourth-order valence-corrected chi connectivity index (χ4v) is 3.88. The number of hydrogen-bond acceptors (Lipinski definition) is 4. The van der Waals surface area contributed by atoms with Gasteiger partial charge in [-0.1, -0.05) is 12.1 Å². The van der Waals surface area contributed by atoms with Gasteiger partial charge in [-0.25, -0.2) is 0 Å². The van der Waals surface area contributed by atoms with Crippen LogP contribution in [0, 0.1) is 10.1 Å². The van der Waals surface area contributed by atoms with Gasteiger partial charge in [0.2, 0.25) is 0 Å². The molecule has 1 aromatic carbocycles. The third kappa shape index (κ3) is 8.26. The second-order valence-corrected chi connectivity index (χ2v) is 7.30. The Hall–Kier alpha value is -1.03. The number of aryl methyl sites for hydroxylation is 1. The van der Waals surface area contributed by atoms with E-state index in [2.05, 4.69) is 15.6 Å². The Labute approximate surface area is 170 Å². The van der Waals surface area contributed by atoms with E-state index in [-0.39, 0.29) is 34.6 Å². The molecule has 6 nitrogen and oxygen atoms in total. The lowest BCUT2D eigenvalue weighted by Gasteiger charge is -2.14. The van der Waals surface area contributed by atoms with Crippen molar-refractivity contribution in [3.8, 4) is 0 Å². The maximum Gasteiger partial charge on any atom is 0.269 e. The highest BCUT2D eigenvalue weighted by molar-refractivity contribution is 14.0. The molecule has 25 heavy (non-hydrogen) atoms. The van der Waals surface area contributed by atoms with Crippen molar-refractivity contribution in [2.24, 2.45) is 4.99 Å². The second kappa shape index (κ2) is 12.3. The van der Waals surface area contributed by atoms with Gasteiger partial charge < -0.3 is 10.6 Å². The number of aliphatic imine (C=N–C) groups is 1. The molecule has 1 saturated heterocycles. The van der Waals surface area contributed by atoms with Crippen LogP contribution in [0.2, 0.25) is 0 Å². The molecule has 0 aliphatic carbocycles. The number of nitrogens with one attached hydrogen (secondary N) is 2. The number of unbranched alkanes of at least 4 members (excludes halogenated alkanes) is 1. The first-order valence-corrected chi connectivity index (χ1v) is 9.53. The van der Waals surface area contributed by atoms with Crippen molar-refractivity contribution >= 4 is 47.4 Å². The van der Waals surface area contributed by atoms with E-state index >= 15 is 0 Å². The molecule has 0 saturated carbocycles. The summed E-state index contributed by atoms with van der Waals surface area (Å²) in [6.07, 6.45) is 5.64. The SMILES string of the molecule is CN=C(NCCCCc1ccc([N+](=O)[O-])cc1)NCC1CCCS1.I. The van der Waals surface area contributed by atoms with E-state index in [9.17, 15) is 10.1 Å². The first-order chi connectivity index (χ1) is 11.7. The van der Waals surface area contributed by atoms with Gasteiger partial charge in [-0.3, -0.25) is 15.1 Å². The minimum atomic E-state index is -0.365. The Kier molecular flexibility index (Phi) is 10.9. The minimum Gasteiger partial charge on any atom is -0.356 e. The predicted molar refractivity (Wildman–Crippen MR) is 116 cm³/mol. The normalized spacial score (nSPS) is 17.0. The Morgan fingerprint density at radius 2 is 2.08 bits per heavy atom. The van der Waals surface area contributed by atoms with Crippen molar-refractivity contribution in [2.75, 3.05) is 25.9 Å². The predicted octanol–water partition coefficient (Wildman–Crippen LogP) is 3.60. The molecule has 0 amide bonds. The maximum absolute atomic E-state index is 10.6. The molecule has 1 aromatic rings. The van der Waals surface area contributed by atoms with E-state index in [1.54, 1.807) is 19.2 Å². The van der Waals surface area contributed by atoms with Crippen molar-refractivity contribution in [1.82, 2.24) is 10.6 Å². The van der Waals surface area contributed by atoms with Gasteiger partial charge in [0.05, 0.1) is 4.92 Å². The molecule has 8 heteroatoms. The van der Waals surface area contributed by atoms with E-state index in [0.29, 0.717) is 5.25 Å². The molecule has 1 atom stereocenters. The third-order valence-corrected chi connectivity index (χ3v) is 5.47. The zero-order chi connectivity index (χ0) is 17.2. The molecule has 2 N–H and O–H groups in total. The summed E-state index contributed by atoms with van der Waals surface area (Å²) >= 11 is 2.04. The van der Waals surface area contributed by atoms with Crippen LogP contribution in [-0.2, 0) is 6.42 Å². The number of nitro groups is 1. The van der Waals surface area contributed by atoms with E-state index in [4.69, 9.17) is 0 Å². The van der Waals surface area contributed by atoms with E-state index in [1.165, 1.54) is 18.6 Å². The minimum absolute atomic E-state index is 0. The van der Waals surface area contributed by atoms with Gasteiger partial charge in [0.15, 0.2) is 5.96 Å².